The lowest BCUT2D eigenvalue weighted by Gasteiger charge is -2.14. The van der Waals surface area contributed by atoms with E-state index in [0.29, 0.717) is 12.8 Å². The predicted octanol–water partition coefficient (Wildman–Crippen LogP) is 1.89. The van der Waals surface area contributed by atoms with E-state index in [1.54, 1.807) is 12.1 Å². The molecule has 0 aromatic heterocycles. The Hall–Kier alpha value is -1.42. The molecule has 3 nitrogen and oxygen atoms in total. The van der Waals surface area contributed by atoms with E-state index in [9.17, 15) is 14.3 Å². The summed E-state index contributed by atoms with van der Waals surface area (Å²) in [5.41, 5.74) is 0.801. The van der Waals surface area contributed by atoms with Gasteiger partial charge in [0.2, 0.25) is 5.91 Å². The SMILES string of the molecule is CC(C)[C@H](O)CNC(=O)CCc1cccc(F)c1. The summed E-state index contributed by atoms with van der Waals surface area (Å²) in [5, 5.41) is 12.2. The number of aliphatic hydroxyl groups excluding tert-OH is 1. The Bertz CT molecular complexity index is 393. The molecule has 0 saturated carbocycles. The molecule has 2 N–H and O–H groups in total. The van der Waals surface area contributed by atoms with Crippen LogP contribution in [0.5, 0.6) is 0 Å². The van der Waals surface area contributed by atoms with Crippen LogP contribution >= 0.6 is 0 Å². The summed E-state index contributed by atoms with van der Waals surface area (Å²) in [6.07, 6.45) is 0.276. The molecule has 18 heavy (non-hydrogen) atoms. The van der Waals surface area contributed by atoms with Crippen LogP contribution in [0.1, 0.15) is 25.8 Å². The average molecular weight is 253 g/mol. The standard InChI is InChI=1S/C14H20FNO2/c1-10(2)13(17)9-16-14(18)7-6-11-4-3-5-12(15)8-11/h3-5,8,10,13,17H,6-7,9H2,1-2H3,(H,16,18)/t13-/m1/s1. The van der Waals surface area contributed by atoms with Gasteiger partial charge in [-0.3, -0.25) is 4.79 Å². The third-order valence-corrected chi connectivity index (χ3v) is 2.81. The minimum atomic E-state index is -0.525. The van der Waals surface area contributed by atoms with Crippen molar-refractivity contribution in [1.29, 1.82) is 0 Å². The Labute approximate surface area is 107 Å². The fraction of sp³-hybridized carbons (Fsp3) is 0.500. The summed E-state index contributed by atoms with van der Waals surface area (Å²) in [6.45, 7) is 4.05. The molecule has 4 heteroatoms. The molecule has 1 aromatic carbocycles. The van der Waals surface area contributed by atoms with Gasteiger partial charge in [-0.2, -0.15) is 0 Å². The van der Waals surface area contributed by atoms with E-state index >= 15 is 0 Å². The molecule has 0 spiro atoms. The smallest absolute Gasteiger partial charge is 0.220 e. The number of benzene rings is 1. The number of amides is 1. The van der Waals surface area contributed by atoms with E-state index in [1.165, 1.54) is 12.1 Å². The molecule has 1 amide bonds. The van der Waals surface area contributed by atoms with E-state index in [0.717, 1.165) is 5.56 Å². The van der Waals surface area contributed by atoms with Gasteiger partial charge in [-0.05, 0) is 30.0 Å². The first-order chi connectivity index (χ1) is 8.49. The number of hydrogen-bond acceptors (Lipinski definition) is 2. The van der Waals surface area contributed by atoms with Crippen molar-refractivity contribution in [3.63, 3.8) is 0 Å². The van der Waals surface area contributed by atoms with Crippen molar-refractivity contribution in [1.82, 2.24) is 5.32 Å². The lowest BCUT2D eigenvalue weighted by Crippen LogP contribution is -2.34. The van der Waals surface area contributed by atoms with Crippen LogP contribution in [0, 0.1) is 11.7 Å². The monoisotopic (exact) mass is 253 g/mol. The maximum atomic E-state index is 12.9. The highest BCUT2D eigenvalue weighted by atomic mass is 19.1. The van der Waals surface area contributed by atoms with E-state index in [2.05, 4.69) is 5.32 Å². The zero-order valence-corrected chi connectivity index (χ0v) is 10.8. The van der Waals surface area contributed by atoms with Gasteiger partial charge in [0, 0.05) is 13.0 Å². The van der Waals surface area contributed by atoms with Gasteiger partial charge < -0.3 is 10.4 Å². The summed E-state index contributed by atoms with van der Waals surface area (Å²) < 4.78 is 12.9. The van der Waals surface area contributed by atoms with Gasteiger partial charge in [-0.1, -0.05) is 26.0 Å². The molecule has 0 saturated heterocycles. The number of carbonyl (C=O) groups is 1. The normalized spacial score (nSPS) is 12.5. The van der Waals surface area contributed by atoms with Crippen molar-refractivity contribution < 1.29 is 14.3 Å². The second-order valence-corrected chi connectivity index (χ2v) is 4.75. The molecular formula is C14H20FNO2. The van der Waals surface area contributed by atoms with Crippen LogP contribution < -0.4 is 5.32 Å². The molecule has 0 radical (unpaired) electrons. The van der Waals surface area contributed by atoms with Crippen molar-refractivity contribution in [2.75, 3.05) is 6.54 Å². The maximum Gasteiger partial charge on any atom is 0.220 e. The second kappa shape index (κ2) is 7.11. The maximum absolute atomic E-state index is 12.9. The van der Waals surface area contributed by atoms with E-state index < -0.39 is 6.10 Å². The molecule has 100 valence electrons. The first kappa shape index (κ1) is 14.6. The molecule has 0 bridgehead atoms. The fourth-order valence-corrected chi connectivity index (χ4v) is 1.49. The van der Waals surface area contributed by atoms with Crippen LogP contribution in [0.4, 0.5) is 4.39 Å². The Balaban J connectivity index is 2.29. The number of rotatable bonds is 6. The zero-order valence-electron chi connectivity index (χ0n) is 10.8. The van der Waals surface area contributed by atoms with Crippen LogP contribution in [-0.4, -0.2) is 23.7 Å². The number of aliphatic hydroxyl groups is 1. The molecule has 0 aliphatic rings. The number of hydrogen-bond donors (Lipinski definition) is 2. The molecular weight excluding hydrogens is 233 g/mol. The molecule has 1 rings (SSSR count). The van der Waals surface area contributed by atoms with Crippen LogP contribution in [0.2, 0.25) is 0 Å². The second-order valence-electron chi connectivity index (χ2n) is 4.75. The predicted molar refractivity (Wildman–Crippen MR) is 68.6 cm³/mol. The first-order valence-corrected chi connectivity index (χ1v) is 6.18. The number of aryl methyl sites for hydroxylation is 1. The highest BCUT2D eigenvalue weighted by Crippen LogP contribution is 2.06. The topological polar surface area (TPSA) is 49.3 Å². The van der Waals surface area contributed by atoms with Gasteiger partial charge in [0.25, 0.3) is 0 Å². The van der Waals surface area contributed by atoms with E-state index in [4.69, 9.17) is 0 Å². The Morgan fingerprint density at radius 3 is 2.78 bits per heavy atom. The van der Waals surface area contributed by atoms with Crippen molar-refractivity contribution in [2.24, 2.45) is 5.92 Å². The Morgan fingerprint density at radius 2 is 2.17 bits per heavy atom. The van der Waals surface area contributed by atoms with Crippen LogP contribution in [0.25, 0.3) is 0 Å². The van der Waals surface area contributed by atoms with Crippen LogP contribution in [-0.2, 0) is 11.2 Å². The van der Waals surface area contributed by atoms with Gasteiger partial charge in [-0.25, -0.2) is 4.39 Å². The first-order valence-electron chi connectivity index (χ1n) is 6.18. The third-order valence-electron chi connectivity index (χ3n) is 2.81. The summed E-state index contributed by atoms with van der Waals surface area (Å²) in [5.74, 6) is -0.296. The molecule has 1 aromatic rings. The quantitative estimate of drug-likeness (QED) is 0.813. The number of halogens is 1. The third kappa shape index (κ3) is 5.27. The van der Waals surface area contributed by atoms with E-state index in [-0.39, 0.29) is 24.2 Å². The molecule has 0 aliphatic heterocycles. The van der Waals surface area contributed by atoms with Crippen LogP contribution in [0.3, 0.4) is 0 Å². The molecule has 0 heterocycles. The average Bonchev–Trinajstić information content (AvgIpc) is 2.33. The zero-order chi connectivity index (χ0) is 13.5. The number of carbonyl (C=O) groups excluding carboxylic acids is 1. The molecule has 0 fully saturated rings. The van der Waals surface area contributed by atoms with Crippen molar-refractivity contribution >= 4 is 5.91 Å². The van der Waals surface area contributed by atoms with Gasteiger partial charge in [0.15, 0.2) is 0 Å². The Kier molecular flexibility index (Phi) is 5.78. The van der Waals surface area contributed by atoms with Crippen molar-refractivity contribution in [3.05, 3.63) is 35.6 Å². The van der Waals surface area contributed by atoms with Gasteiger partial charge >= 0.3 is 0 Å². The summed E-state index contributed by atoms with van der Waals surface area (Å²) >= 11 is 0. The highest BCUT2D eigenvalue weighted by Gasteiger charge is 2.10. The van der Waals surface area contributed by atoms with Crippen molar-refractivity contribution in [2.45, 2.75) is 32.8 Å². The lowest BCUT2D eigenvalue weighted by molar-refractivity contribution is -0.121. The Morgan fingerprint density at radius 1 is 1.44 bits per heavy atom. The van der Waals surface area contributed by atoms with Crippen LogP contribution in [0.15, 0.2) is 24.3 Å². The fourth-order valence-electron chi connectivity index (χ4n) is 1.49. The van der Waals surface area contributed by atoms with Gasteiger partial charge in [0.05, 0.1) is 6.10 Å². The van der Waals surface area contributed by atoms with Crippen molar-refractivity contribution in [3.8, 4) is 0 Å². The number of nitrogens with one attached hydrogen (secondary N) is 1. The molecule has 0 unspecified atom stereocenters. The van der Waals surface area contributed by atoms with Gasteiger partial charge in [0.1, 0.15) is 5.82 Å². The summed E-state index contributed by atoms with van der Waals surface area (Å²) in [4.78, 5) is 11.5. The lowest BCUT2D eigenvalue weighted by atomic mass is 10.1. The van der Waals surface area contributed by atoms with Gasteiger partial charge in [-0.15, -0.1) is 0 Å². The summed E-state index contributed by atoms with van der Waals surface area (Å²) in [6, 6.07) is 6.23. The largest absolute Gasteiger partial charge is 0.391 e. The minimum absolute atomic E-state index is 0.119. The highest BCUT2D eigenvalue weighted by molar-refractivity contribution is 5.76. The molecule has 1 atom stereocenters. The van der Waals surface area contributed by atoms with E-state index in [1.807, 2.05) is 13.8 Å². The molecule has 0 aliphatic carbocycles. The minimum Gasteiger partial charge on any atom is -0.391 e. The summed E-state index contributed by atoms with van der Waals surface area (Å²) in [7, 11) is 0.